The molecule has 0 spiro atoms. The topological polar surface area (TPSA) is 58.2 Å². The number of hydrogen-bond donors (Lipinski definition) is 2. The molecule has 0 aliphatic rings. The van der Waals surface area contributed by atoms with Crippen molar-refractivity contribution in [2.24, 2.45) is 0 Å². The Hall–Kier alpha value is -2.62. The largest absolute Gasteiger partial charge is 0.348 e. The molecule has 0 heterocycles. The third-order valence-electron chi connectivity index (χ3n) is 3.93. The fourth-order valence-electron chi connectivity index (χ4n) is 2.45. The minimum Gasteiger partial charge on any atom is -0.348 e. The van der Waals surface area contributed by atoms with Crippen LogP contribution in [0.25, 0.3) is 0 Å². The number of aryl methyl sites for hydroxylation is 2. The summed E-state index contributed by atoms with van der Waals surface area (Å²) >= 11 is 0. The van der Waals surface area contributed by atoms with Gasteiger partial charge in [-0.05, 0) is 42.9 Å². The monoisotopic (exact) mass is 324 g/mol. The van der Waals surface area contributed by atoms with Crippen LogP contribution in [0.15, 0.2) is 54.6 Å². The van der Waals surface area contributed by atoms with Crippen LogP contribution < -0.4 is 10.6 Å². The van der Waals surface area contributed by atoms with E-state index in [9.17, 15) is 9.59 Å². The zero-order valence-electron chi connectivity index (χ0n) is 14.0. The first-order chi connectivity index (χ1) is 11.7. The first-order valence-corrected chi connectivity index (χ1v) is 8.31. The maximum atomic E-state index is 11.8. The second-order valence-electron chi connectivity index (χ2n) is 5.81. The van der Waals surface area contributed by atoms with Gasteiger partial charge in [0.25, 0.3) is 0 Å². The molecule has 2 N–H and O–H groups in total. The van der Waals surface area contributed by atoms with Gasteiger partial charge in [-0.15, -0.1) is 0 Å². The standard InChI is InChI=1S/C20H24N2O2/c1-16-9-5-6-13-18(16)15-22-20(24)19(23)21-14-8-7-12-17-10-3-2-4-11-17/h2-6,9-11,13H,7-8,12,14-15H2,1H3,(H,21,23)(H,22,24). The lowest BCUT2D eigenvalue weighted by Gasteiger charge is -2.08. The number of rotatable bonds is 7. The number of benzene rings is 2. The molecule has 0 bridgehead atoms. The molecule has 0 aromatic heterocycles. The van der Waals surface area contributed by atoms with Gasteiger partial charge in [-0.2, -0.15) is 0 Å². The number of hydrogen-bond acceptors (Lipinski definition) is 2. The Balaban J connectivity index is 1.61. The molecule has 2 aromatic rings. The number of carbonyl (C=O) groups excluding carboxylic acids is 2. The molecule has 0 saturated carbocycles. The molecule has 0 aliphatic heterocycles. The zero-order valence-corrected chi connectivity index (χ0v) is 14.0. The van der Waals surface area contributed by atoms with Crippen LogP contribution in [0, 0.1) is 6.92 Å². The van der Waals surface area contributed by atoms with Crippen molar-refractivity contribution in [3.63, 3.8) is 0 Å². The van der Waals surface area contributed by atoms with E-state index in [1.165, 1.54) is 5.56 Å². The predicted molar refractivity (Wildman–Crippen MR) is 95.4 cm³/mol. The highest BCUT2D eigenvalue weighted by Gasteiger charge is 2.12. The highest BCUT2D eigenvalue weighted by atomic mass is 16.2. The van der Waals surface area contributed by atoms with E-state index in [0.29, 0.717) is 13.1 Å². The van der Waals surface area contributed by atoms with Gasteiger partial charge in [-0.1, -0.05) is 54.6 Å². The molecule has 2 aromatic carbocycles. The Kier molecular flexibility index (Phi) is 7.02. The van der Waals surface area contributed by atoms with Crippen molar-refractivity contribution >= 4 is 11.8 Å². The average Bonchev–Trinajstić information content (AvgIpc) is 2.61. The van der Waals surface area contributed by atoms with Crippen molar-refractivity contribution in [2.75, 3.05) is 6.54 Å². The van der Waals surface area contributed by atoms with Gasteiger partial charge in [0.15, 0.2) is 0 Å². The molecule has 0 aliphatic carbocycles. The smallest absolute Gasteiger partial charge is 0.309 e. The Morgan fingerprint density at radius 3 is 2.25 bits per heavy atom. The number of amides is 2. The van der Waals surface area contributed by atoms with Gasteiger partial charge in [-0.3, -0.25) is 9.59 Å². The van der Waals surface area contributed by atoms with E-state index in [1.807, 2.05) is 49.4 Å². The van der Waals surface area contributed by atoms with E-state index >= 15 is 0 Å². The summed E-state index contributed by atoms with van der Waals surface area (Å²) < 4.78 is 0. The van der Waals surface area contributed by atoms with Crippen LogP contribution in [0.2, 0.25) is 0 Å². The minimum atomic E-state index is -0.582. The van der Waals surface area contributed by atoms with Crippen LogP contribution >= 0.6 is 0 Å². The van der Waals surface area contributed by atoms with Gasteiger partial charge in [0, 0.05) is 13.1 Å². The lowest BCUT2D eigenvalue weighted by Crippen LogP contribution is -2.40. The molecule has 0 unspecified atom stereocenters. The highest BCUT2D eigenvalue weighted by molar-refractivity contribution is 6.35. The summed E-state index contributed by atoms with van der Waals surface area (Å²) in [5.74, 6) is -1.15. The van der Waals surface area contributed by atoms with Crippen molar-refractivity contribution in [3.05, 3.63) is 71.3 Å². The number of carbonyl (C=O) groups is 2. The molecular weight excluding hydrogens is 300 g/mol. The third-order valence-corrected chi connectivity index (χ3v) is 3.93. The third kappa shape index (κ3) is 5.88. The van der Waals surface area contributed by atoms with Crippen molar-refractivity contribution in [3.8, 4) is 0 Å². The fraction of sp³-hybridized carbons (Fsp3) is 0.300. The molecule has 2 rings (SSSR count). The summed E-state index contributed by atoms with van der Waals surface area (Å²) in [5, 5.41) is 5.32. The minimum absolute atomic E-state index is 0.368. The summed E-state index contributed by atoms with van der Waals surface area (Å²) in [5.41, 5.74) is 3.40. The maximum absolute atomic E-state index is 11.8. The predicted octanol–water partition coefficient (Wildman–Crippen LogP) is 2.75. The summed E-state index contributed by atoms with van der Waals surface area (Å²) in [6.45, 7) is 2.87. The molecule has 126 valence electrons. The Bertz CT molecular complexity index is 668. The van der Waals surface area contributed by atoms with Crippen molar-refractivity contribution < 1.29 is 9.59 Å². The molecular formula is C20H24N2O2. The van der Waals surface area contributed by atoms with Gasteiger partial charge in [0.1, 0.15) is 0 Å². The normalized spacial score (nSPS) is 10.2. The van der Waals surface area contributed by atoms with Crippen LogP contribution in [-0.4, -0.2) is 18.4 Å². The molecule has 0 fully saturated rings. The van der Waals surface area contributed by atoms with Crippen LogP contribution in [0.5, 0.6) is 0 Å². The molecule has 4 nitrogen and oxygen atoms in total. The Morgan fingerprint density at radius 1 is 0.833 bits per heavy atom. The van der Waals surface area contributed by atoms with E-state index in [-0.39, 0.29) is 0 Å². The van der Waals surface area contributed by atoms with E-state index < -0.39 is 11.8 Å². The van der Waals surface area contributed by atoms with E-state index in [0.717, 1.165) is 30.4 Å². The van der Waals surface area contributed by atoms with Crippen LogP contribution in [0.4, 0.5) is 0 Å². The van der Waals surface area contributed by atoms with Crippen molar-refractivity contribution in [1.29, 1.82) is 0 Å². The van der Waals surface area contributed by atoms with Gasteiger partial charge < -0.3 is 10.6 Å². The SMILES string of the molecule is Cc1ccccc1CNC(=O)C(=O)NCCCCc1ccccc1. The number of unbranched alkanes of at least 4 members (excludes halogenated alkanes) is 1. The first-order valence-electron chi connectivity index (χ1n) is 8.31. The maximum Gasteiger partial charge on any atom is 0.309 e. The fourth-order valence-corrected chi connectivity index (χ4v) is 2.45. The van der Waals surface area contributed by atoms with Crippen molar-refractivity contribution in [2.45, 2.75) is 32.7 Å². The summed E-state index contributed by atoms with van der Waals surface area (Å²) in [6.07, 6.45) is 2.82. The molecule has 0 saturated heterocycles. The van der Waals surface area contributed by atoms with Gasteiger partial charge in [-0.25, -0.2) is 0 Å². The molecule has 4 heteroatoms. The summed E-state index contributed by atoms with van der Waals surface area (Å²) in [4.78, 5) is 23.5. The second-order valence-corrected chi connectivity index (χ2v) is 5.81. The van der Waals surface area contributed by atoms with Gasteiger partial charge in [0.05, 0.1) is 0 Å². The van der Waals surface area contributed by atoms with E-state index in [4.69, 9.17) is 0 Å². The number of nitrogens with one attached hydrogen (secondary N) is 2. The lowest BCUT2D eigenvalue weighted by atomic mass is 10.1. The van der Waals surface area contributed by atoms with Crippen LogP contribution in [-0.2, 0) is 22.6 Å². The first kappa shape index (κ1) is 17.7. The van der Waals surface area contributed by atoms with Crippen LogP contribution in [0.1, 0.15) is 29.5 Å². The van der Waals surface area contributed by atoms with Gasteiger partial charge in [0.2, 0.25) is 0 Å². The molecule has 24 heavy (non-hydrogen) atoms. The Morgan fingerprint density at radius 2 is 1.50 bits per heavy atom. The molecule has 0 atom stereocenters. The van der Waals surface area contributed by atoms with E-state index in [1.54, 1.807) is 0 Å². The van der Waals surface area contributed by atoms with Crippen LogP contribution in [0.3, 0.4) is 0 Å². The average molecular weight is 324 g/mol. The second kappa shape index (κ2) is 9.50. The lowest BCUT2D eigenvalue weighted by molar-refractivity contribution is -0.139. The van der Waals surface area contributed by atoms with Crippen molar-refractivity contribution in [1.82, 2.24) is 10.6 Å². The van der Waals surface area contributed by atoms with E-state index in [2.05, 4.69) is 22.8 Å². The quantitative estimate of drug-likeness (QED) is 0.608. The van der Waals surface area contributed by atoms with Gasteiger partial charge >= 0.3 is 11.8 Å². The molecule has 0 radical (unpaired) electrons. The molecule has 2 amide bonds. The summed E-state index contributed by atoms with van der Waals surface area (Å²) in [7, 11) is 0. The zero-order chi connectivity index (χ0) is 17.2. The Labute approximate surface area is 143 Å². The highest BCUT2D eigenvalue weighted by Crippen LogP contribution is 2.06. The summed E-state index contributed by atoms with van der Waals surface area (Å²) in [6, 6.07) is 18.0.